The molecule has 2 aromatic carbocycles. The smallest absolute Gasteiger partial charge is 0.295 e. The Labute approximate surface area is 132 Å². The van der Waals surface area contributed by atoms with Crippen LogP contribution in [0, 0.1) is 22.9 Å². The molecule has 122 valence electrons. The van der Waals surface area contributed by atoms with E-state index in [-0.39, 0.29) is 22.8 Å². The lowest BCUT2D eigenvalue weighted by Gasteiger charge is -2.09. The fourth-order valence-corrected chi connectivity index (χ4v) is 2.91. The Morgan fingerprint density at radius 2 is 1.96 bits per heavy atom. The number of nitrogens with one attached hydrogen (secondary N) is 1. The highest BCUT2D eigenvalue weighted by molar-refractivity contribution is 7.89. The summed E-state index contributed by atoms with van der Waals surface area (Å²) < 4.78 is 35.8. The molecule has 3 N–H and O–H groups in total. The summed E-state index contributed by atoms with van der Waals surface area (Å²) in [7, 11) is -3.79. The molecule has 0 fully saturated rings. The lowest BCUT2D eigenvalue weighted by atomic mass is 10.1. The lowest BCUT2D eigenvalue weighted by molar-refractivity contribution is -0.384. The third-order valence-electron chi connectivity index (χ3n) is 3.19. The van der Waals surface area contributed by atoms with Crippen molar-refractivity contribution in [2.24, 2.45) is 5.14 Å². The van der Waals surface area contributed by atoms with Crippen molar-refractivity contribution in [3.05, 3.63) is 63.5 Å². The van der Waals surface area contributed by atoms with Crippen LogP contribution in [0.25, 0.3) is 0 Å². The molecule has 2 rings (SSSR count). The number of aryl methyl sites for hydroxylation is 1. The fourth-order valence-electron chi connectivity index (χ4n) is 2.14. The quantitative estimate of drug-likeness (QED) is 0.640. The van der Waals surface area contributed by atoms with Crippen LogP contribution in [-0.4, -0.2) is 13.3 Å². The molecule has 0 bridgehead atoms. The van der Waals surface area contributed by atoms with Crippen LogP contribution in [0.2, 0.25) is 0 Å². The van der Waals surface area contributed by atoms with Crippen molar-refractivity contribution in [3.63, 3.8) is 0 Å². The average Bonchev–Trinajstić information content (AvgIpc) is 2.44. The number of anilines is 1. The number of nitrogens with two attached hydrogens (primary N) is 1. The number of rotatable bonds is 5. The van der Waals surface area contributed by atoms with Crippen molar-refractivity contribution in [1.29, 1.82) is 0 Å². The second-order valence-corrected chi connectivity index (χ2v) is 6.45. The van der Waals surface area contributed by atoms with E-state index >= 15 is 0 Å². The highest BCUT2D eigenvalue weighted by atomic mass is 32.2. The molecule has 9 heteroatoms. The van der Waals surface area contributed by atoms with E-state index in [1.165, 1.54) is 12.1 Å². The number of hydrogen-bond acceptors (Lipinski definition) is 5. The van der Waals surface area contributed by atoms with Gasteiger partial charge in [0.25, 0.3) is 5.69 Å². The van der Waals surface area contributed by atoms with Crippen LogP contribution < -0.4 is 10.5 Å². The van der Waals surface area contributed by atoms with Gasteiger partial charge in [0.05, 0.1) is 15.9 Å². The van der Waals surface area contributed by atoms with E-state index in [1.54, 1.807) is 19.1 Å². The zero-order valence-corrected chi connectivity index (χ0v) is 12.9. The summed E-state index contributed by atoms with van der Waals surface area (Å²) in [5, 5.41) is 18.8. The summed E-state index contributed by atoms with van der Waals surface area (Å²) in [5.41, 5.74) is 0.974. The van der Waals surface area contributed by atoms with Crippen LogP contribution in [0.4, 0.5) is 15.8 Å². The van der Waals surface area contributed by atoms with Crippen LogP contribution in [0.5, 0.6) is 0 Å². The zero-order chi connectivity index (χ0) is 17.2. The minimum Gasteiger partial charge on any atom is -0.375 e. The second kappa shape index (κ2) is 6.31. The van der Waals surface area contributed by atoms with E-state index in [1.807, 2.05) is 0 Å². The molecule has 0 saturated heterocycles. The Hall–Kier alpha value is -2.52. The third kappa shape index (κ3) is 4.02. The van der Waals surface area contributed by atoms with Crippen molar-refractivity contribution in [2.45, 2.75) is 18.4 Å². The highest BCUT2D eigenvalue weighted by Crippen LogP contribution is 2.26. The van der Waals surface area contributed by atoms with Gasteiger partial charge in [-0.3, -0.25) is 10.1 Å². The molecule has 7 nitrogen and oxygen atoms in total. The van der Waals surface area contributed by atoms with Crippen LogP contribution in [0.15, 0.2) is 41.3 Å². The van der Waals surface area contributed by atoms with Crippen LogP contribution in [0.1, 0.15) is 11.1 Å². The number of nitro groups is 1. The van der Waals surface area contributed by atoms with Gasteiger partial charge in [0, 0.05) is 6.54 Å². The molecule has 0 aliphatic carbocycles. The maximum absolute atomic E-state index is 13.1. The van der Waals surface area contributed by atoms with Gasteiger partial charge in [0.2, 0.25) is 10.0 Å². The van der Waals surface area contributed by atoms with Gasteiger partial charge in [-0.25, -0.2) is 17.9 Å². The maximum Gasteiger partial charge on any atom is 0.295 e. The molecule has 2 aromatic rings. The maximum atomic E-state index is 13.1. The largest absolute Gasteiger partial charge is 0.375 e. The standard InChI is InChI=1S/C14H14FN3O4S/c1-9-6-10(2-5-14(9)23(16,21)22)8-17-12-4-3-11(15)7-13(12)18(19)20/h2-7,17H,8H2,1H3,(H2,16,21,22). The van der Waals surface area contributed by atoms with Gasteiger partial charge in [-0.1, -0.05) is 12.1 Å². The molecule has 23 heavy (non-hydrogen) atoms. The van der Waals surface area contributed by atoms with Gasteiger partial charge in [0.15, 0.2) is 0 Å². The monoisotopic (exact) mass is 339 g/mol. The minimum absolute atomic E-state index is 0.0222. The minimum atomic E-state index is -3.79. The van der Waals surface area contributed by atoms with Crippen molar-refractivity contribution in [2.75, 3.05) is 5.32 Å². The van der Waals surface area contributed by atoms with E-state index in [4.69, 9.17) is 5.14 Å². The summed E-state index contributed by atoms with van der Waals surface area (Å²) in [6.45, 7) is 1.81. The first-order chi connectivity index (χ1) is 10.7. The Morgan fingerprint density at radius 1 is 1.26 bits per heavy atom. The van der Waals surface area contributed by atoms with Crippen LogP contribution in [-0.2, 0) is 16.6 Å². The number of hydrogen-bond donors (Lipinski definition) is 2. The van der Waals surface area contributed by atoms with E-state index < -0.39 is 20.8 Å². The summed E-state index contributed by atoms with van der Waals surface area (Å²) in [4.78, 5) is 10.3. The Kier molecular flexibility index (Phi) is 4.62. The van der Waals surface area contributed by atoms with Gasteiger partial charge >= 0.3 is 0 Å². The van der Waals surface area contributed by atoms with E-state index in [0.29, 0.717) is 11.1 Å². The van der Waals surface area contributed by atoms with E-state index in [9.17, 15) is 22.9 Å². The first kappa shape index (κ1) is 16.8. The Bertz CT molecular complexity index is 868. The first-order valence-electron chi connectivity index (χ1n) is 6.48. The average molecular weight is 339 g/mol. The molecular weight excluding hydrogens is 325 g/mol. The number of primary sulfonamides is 1. The molecule has 0 saturated carbocycles. The van der Waals surface area contributed by atoms with Crippen molar-refractivity contribution >= 4 is 21.4 Å². The first-order valence-corrected chi connectivity index (χ1v) is 8.03. The molecule has 0 spiro atoms. The summed E-state index contributed by atoms with van der Waals surface area (Å²) >= 11 is 0. The molecule has 0 aliphatic rings. The van der Waals surface area contributed by atoms with Crippen molar-refractivity contribution in [3.8, 4) is 0 Å². The van der Waals surface area contributed by atoms with Crippen molar-refractivity contribution < 1.29 is 17.7 Å². The van der Waals surface area contributed by atoms with Crippen molar-refractivity contribution in [1.82, 2.24) is 0 Å². The number of nitro benzene ring substituents is 1. The molecule has 0 aliphatic heterocycles. The number of halogens is 1. The normalized spacial score (nSPS) is 11.3. The summed E-state index contributed by atoms with van der Waals surface area (Å²) in [6, 6.07) is 7.76. The predicted molar refractivity (Wildman–Crippen MR) is 82.9 cm³/mol. The van der Waals surface area contributed by atoms with E-state index in [2.05, 4.69) is 5.32 Å². The van der Waals surface area contributed by atoms with Crippen LogP contribution >= 0.6 is 0 Å². The molecular formula is C14H14FN3O4S. The van der Waals surface area contributed by atoms with Gasteiger partial charge in [-0.2, -0.15) is 0 Å². The molecule has 0 heterocycles. The molecule has 0 aromatic heterocycles. The third-order valence-corrected chi connectivity index (χ3v) is 4.26. The highest BCUT2D eigenvalue weighted by Gasteiger charge is 2.15. The Balaban J connectivity index is 2.22. The molecule has 0 radical (unpaired) electrons. The lowest BCUT2D eigenvalue weighted by Crippen LogP contribution is -2.14. The predicted octanol–water partition coefficient (Wildman–Crippen LogP) is 2.30. The summed E-state index contributed by atoms with van der Waals surface area (Å²) in [5.74, 6) is -0.699. The number of benzene rings is 2. The number of nitrogens with zero attached hydrogens (tertiary/aromatic N) is 1. The number of sulfonamides is 1. The zero-order valence-electron chi connectivity index (χ0n) is 12.1. The molecule has 0 unspecified atom stereocenters. The van der Waals surface area contributed by atoms with Crippen LogP contribution in [0.3, 0.4) is 0 Å². The van der Waals surface area contributed by atoms with Gasteiger partial charge in [-0.15, -0.1) is 0 Å². The second-order valence-electron chi connectivity index (χ2n) is 4.92. The van der Waals surface area contributed by atoms with E-state index in [0.717, 1.165) is 12.1 Å². The van der Waals surface area contributed by atoms with Gasteiger partial charge < -0.3 is 5.32 Å². The fraction of sp³-hybridized carbons (Fsp3) is 0.143. The SMILES string of the molecule is Cc1cc(CNc2ccc(F)cc2[N+](=O)[O-])ccc1S(N)(=O)=O. The molecule has 0 amide bonds. The summed E-state index contributed by atoms with van der Waals surface area (Å²) in [6.07, 6.45) is 0. The molecule has 0 atom stereocenters. The van der Waals surface area contributed by atoms with Gasteiger partial charge in [0.1, 0.15) is 11.5 Å². The van der Waals surface area contributed by atoms with Gasteiger partial charge in [-0.05, 0) is 36.2 Å². The Morgan fingerprint density at radius 3 is 2.52 bits per heavy atom. The topological polar surface area (TPSA) is 115 Å².